The van der Waals surface area contributed by atoms with E-state index in [-0.39, 0.29) is 23.3 Å². The van der Waals surface area contributed by atoms with Crippen LogP contribution < -0.4 is 0 Å². The molecule has 0 N–H and O–H groups in total. The molecule has 0 atom stereocenters. The summed E-state index contributed by atoms with van der Waals surface area (Å²) in [5, 5.41) is 13.1. The first-order valence-electron chi connectivity index (χ1n) is 14.5. The van der Waals surface area contributed by atoms with Crippen LogP contribution in [-0.2, 0) is 0 Å². The molecule has 18 heteroatoms. The van der Waals surface area contributed by atoms with E-state index in [1.807, 2.05) is 0 Å². The Bertz CT molecular complexity index is 2270. The van der Waals surface area contributed by atoms with Gasteiger partial charge >= 0.3 is 0 Å². The fourth-order valence-corrected chi connectivity index (χ4v) is 7.69. The largest absolute Gasteiger partial charge is 0.208 e. The molecule has 0 unspecified atom stereocenters. The van der Waals surface area contributed by atoms with Crippen molar-refractivity contribution in [2.45, 2.75) is 0 Å². The van der Waals surface area contributed by atoms with Crippen molar-refractivity contribution in [1.29, 1.82) is 0 Å². The molecule has 0 aliphatic rings. The molecule has 6 nitrogen and oxygen atoms in total. The number of hydrogen-bond donors (Lipinski definition) is 0. The van der Waals surface area contributed by atoms with E-state index in [1.54, 1.807) is 67.3 Å². The molecule has 0 radical (unpaired) electrons. The van der Waals surface area contributed by atoms with Crippen LogP contribution in [0.2, 0.25) is 0 Å². The number of benzene rings is 2. The molecule has 6 heterocycles. The van der Waals surface area contributed by atoms with Gasteiger partial charge in [0.25, 0.3) is 0 Å². The molecule has 0 fully saturated rings. The van der Waals surface area contributed by atoms with Gasteiger partial charge in [0, 0.05) is 43.8 Å². The maximum atomic E-state index is 15.9. The number of rotatable bonds is 7. The highest BCUT2D eigenvalue weighted by atomic mass is 32.1. The summed E-state index contributed by atoms with van der Waals surface area (Å²) in [6.45, 7) is 0. The molecule has 0 saturated carbocycles. The third-order valence-electron chi connectivity index (χ3n) is 7.61. The molecule has 258 valence electrons. The minimum Gasteiger partial charge on any atom is -0.208 e. The van der Waals surface area contributed by atoms with Crippen LogP contribution in [0.4, 0.5) is 35.1 Å². The summed E-state index contributed by atoms with van der Waals surface area (Å²) in [4.78, 5) is 24.6. The van der Waals surface area contributed by atoms with Crippen molar-refractivity contribution < 1.29 is 35.1 Å². The molecule has 8 rings (SSSR count). The Morgan fingerprint density at radius 3 is 0.712 bits per heavy atom. The standard InChI is InChI=1S/C34H12F8N6S4/c35-21-17(22(36)26(40)19(25(21)39)33-45-29(13-1-5-49-9-13)43-30(46-33)14-2-6-50-10-14)18-23(37)27(41)20(28(42)24(18)38)34-47-31(15-3-7-51-11-15)44-32(48-34)16-4-8-52-12-16/h1-12H. The number of halogens is 8. The summed E-state index contributed by atoms with van der Waals surface area (Å²) in [5.41, 5.74) is -5.42. The first-order chi connectivity index (χ1) is 25.1. The summed E-state index contributed by atoms with van der Waals surface area (Å²) in [6, 6.07) is 6.33. The lowest BCUT2D eigenvalue weighted by atomic mass is 9.97. The van der Waals surface area contributed by atoms with Crippen LogP contribution in [-0.4, -0.2) is 29.9 Å². The average Bonchev–Trinajstić information content (AvgIpc) is 3.99. The SMILES string of the molecule is Fc1c(F)c(-c2c(F)c(F)c(-c3nc(-c4ccsc4)nc(-c4ccsc4)n3)c(F)c2F)c(F)c(F)c1-c1nc(-c2ccsc2)nc(-c2ccsc2)n1. The Labute approximate surface area is 302 Å². The highest BCUT2D eigenvalue weighted by Crippen LogP contribution is 2.42. The van der Waals surface area contributed by atoms with Crippen molar-refractivity contribution in [3.63, 3.8) is 0 Å². The second-order valence-corrected chi connectivity index (χ2v) is 13.8. The van der Waals surface area contributed by atoms with Crippen molar-refractivity contribution in [1.82, 2.24) is 29.9 Å². The van der Waals surface area contributed by atoms with Crippen molar-refractivity contribution in [3.05, 3.63) is 114 Å². The Morgan fingerprint density at radius 1 is 0.288 bits per heavy atom. The minimum atomic E-state index is -2.37. The van der Waals surface area contributed by atoms with Crippen LogP contribution in [0.3, 0.4) is 0 Å². The summed E-state index contributed by atoms with van der Waals surface area (Å²) in [7, 11) is 0. The van der Waals surface area contributed by atoms with Gasteiger partial charge in [0.2, 0.25) is 0 Å². The number of aromatic nitrogens is 6. The molecule has 0 bridgehead atoms. The summed E-state index contributed by atoms with van der Waals surface area (Å²) < 4.78 is 127. The first-order valence-corrected chi connectivity index (χ1v) is 18.2. The van der Waals surface area contributed by atoms with E-state index >= 15 is 35.1 Å². The normalized spacial score (nSPS) is 11.5. The van der Waals surface area contributed by atoms with Gasteiger partial charge in [0.15, 0.2) is 81.5 Å². The molecule has 0 aliphatic carbocycles. The molecular weight excluding hydrogens is 773 g/mol. The molecule has 52 heavy (non-hydrogen) atoms. The fourth-order valence-electron chi connectivity index (χ4n) is 5.15. The molecule has 0 saturated heterocycles. The Balaban J connectivity index is 1.31. The van der Waals surface area contributed by atoms with Crippen LogP contribution in [0.25, 0.3) is 79.5 Å². The lowest BCUT2D eigenvalue weighted by Crippen LogP contribution is -2.11. The second kappa shape index (κ2) is 13.4. The third-order valence-corrected chi connectivity index (χ3v) is 10.3. The van der Waals surface area contributed by atoms with Gasteiger partial charge in [-0.1, -0.05) is 0 Å². The number of thiophene rings is 4. The van der Waals surface area contributed by atoms with Crippen LogP contribution in [0, 0.1) is 46.5 Å². The molecule has 0 aliphatic heterocycles. The second-order valence-electron chi connectivity index (χ2n) is 10.7. The van der Waals surface area contributed by atoms with E-state index in [1.165, 1.54) is 45.3 Å². The van der Waals surface area contributed by atoms with Crippen LogP contribution >= 0.6 is 45.3 Å². The smallest absolute Gasteiger partial charge is 0.173 e. The Hall–Kier alpha value is -5.30. The molecule has 0 spiro atoms. The highest BCUT2D eigenvalue weighted by Gasteiger charge is 2.36. The van der Waals surface area contributed by atoms with Gasteiger partial charge in [-0.3, -0.25) is 0 Å². The summed E-state index contributed by atoms with van der Waals surface area (Å²) in [6.07, 6.45) is 0. The zero-order valence-corrected chi connectivity index (χ0v) is 28.5. The number of nitrogens with zero attached hydrogens (tertiary/aromatic N) is 6. The maximum absolute atomic E-state index is 15.9. The average molecular weight is 785 g/mol. The van der Waals surface area contributed by atoms with Crippen molar-refractivity contribution in [3.8, 4) is 79.5 Å². The first kappa shape index (κ1) is 33.8. The van der Waals surface area contributed by atoms with Gasteiger partial charge in [-0.2, -0.15) is 45.3 Å². The monoisotopic (exact) mass is 784 g/mol. The van der Waals surface area contributed by atoms with Gasteiger partial charge < -0.3 is 0 Å². The highest BCUT2D eigenvalue weighted by molar-refractivity contribution is 7.09. The zero-order valence-electron chi connectivity index (χ0n) is 25.3. The van der Waals surface area contributed by atoms with E-state index in [2.05, 4.69) is 29.9 Å². The Kier molecular flexibility index (Phi) is 8.68. The fraction of sp³-hybridized carbons (Fsp3) is 0. The van der Waals surface area contributed by atoms with Crippen molar-refractivity contribution >= 4 is 45.3 Å². The van der Waals surface area contributed by atoms with Gasteiger partial charge in [-0.15, -0.1) is 0 Å². The quantitative estimate of drug-likeness (QED) is 0.118. The topological polar surface area (TPSA) is 77.3 Å². The predicted octanol–water partition coefficient (Wildman–Crippen LogP) is 11.1. The van der Waals surface area contributed by atoms with Crippen molar-refractivity contribution in [2.75, 3.05) is 0 Å². The van der Waals surface area contributed by atoms with Crippen LogP contribution in [0.5, 0.6) is 0 Å². The maximum Gasteiger partial charge on any atom is 0.173 e. The summed E-state index contributed by atoms with van der Waals surface area (Å²) >= 11 is 4.98. The number of hydrogen-bond acceptors (Lipinski definition) is 10. The van der Waals surface area contributed by atoms with Gasteiger partial charge in [0.05, 0.1) is 22.3 Å². The summed E-state index contributed by atoms with van der Waals surface area (Å²) in [5.74, 6) is -20.3. The van der Waals surface area contributed by atoms with Gasteiger partial charge in [-0.05, 0) is 45.8 Å². The lowest BCUT2D eigenvalue weighted by Gasteiger charge is -2.16. The molecule has 8 aromatic rings. The van der Waals surface area contributed by atoms with E-state index < -0.39 is 80.4 Å². The Morgan fingerprint density at radius 2 is 0.500 bits per heavy atom. The van der Waals surface area contributed by atoms with E-state index in [4.69, 9.17) is 0 Å². The van der Waals surface area contributed by atoms with Gasteiger partial charge in [0.1, 0.15) is 0 Å². The van der Waals surface area contributed by atoms with Crippen molar-refractivity contribution in [2.24, 2.45) is 0 Å². The minimum absolute atomic E-state index is 0.101. The predicted molar refractivity (Wildman–Crippen MR) is 182 cm³/mol. The molecule has 2 aromatic carbocycles. The van der Waals surface area contributed by atoms with Crippen LogP contribution in [0.1, 0.15) is 0 Å². The molecular formula is C34H12F8N6S4. The molecule has 6 aromatic heterocycles. The molecule has 0 amide bonds. The zero-order chi connectivity index (χ0) is 36.3. The van der Waals surface area contributed by atoms with Gasteiger partial charge in [-0.25, -0.2) is 65.0 Å². The van der Waals surface area contributed by atoms with E-state index in [0.29, 0.717) is 22.3 Å². The lowest BCUT2D eigenvalue weighted by molar-refractivity contribution is 0.445. The third kappa shape index (κ3) is 5.67. The van der Waals surface area contributed by atoms with Crippen LogP contribution in [0.15, 0.2) is 67.3 Å². The van der Waals surface area contributed by atoms with E-state index in [9.17, 15) is 0 Å². The van der Waals surface area contributed by atoms with E-state index in [0.717, 1.165) is 0 Å².